The Kier molecular flexibility index (Phi) is 8.14. The molecule has 0 saturated heterocycles. The normalized spacial score (nSPS) is 11.9. The van der Waals surface area contributed by atoms with E-state index >= 15 is 0 Å². The zero-order valence-electron chi connectivity index (χ0n) is 18.8. The maximum atomic E-state index is 14.4. The molecule has 0 radical (unpaired) electrons. The molecule has 0 unspecified atom stereocenters. The summed E-state index contributed by atoms with van der Waals surface area (Å²) >= 11 is 0. The maximum absolute atomic E-state index is 14.4. The Hall–Kier alpha value is -3.57. The molecule has 1 atom stereocenters. The molecule has 3 rings (SSSR count). The summed E-state index contributed by atoms with van der Waals surface area (Å²) in [6.45, 7) is 3.27. The molecule has 0 saturated carbocycles. The van der Waals surface area contributed by atoms with Gasteiger partial charge in [-0.3, -0.25) is 14.4 Å². The summed E-state index contributed by atoms with van der Waals surface area (Å²) in [5.74, 6) is -2.97. The largest absolute Gasteiger partial charge is 0.475 e. The SMILES string of the molecule is CC(C)C[C@H](NC(=O)CNC(=O)c1cc(Cc2n[nH]c(=O)c3ccccc23)ccc1F)B(O)O. The Morgan fingerprint density at radius 2 is 1.85 bits per heavy atom. The van der Waals surface area contributed by atoms with Gasteiger partial charge in [0, 0.05) is 11.8 Å². The van der Waals surface area contributed by atoms with Gasteiger partial charge in [0.2, 0.25) is 5.91 Å². The molecule has 0 spiro atoms. The van der Waals surface area contributed by atoms with Gasteiger partial charge in [-0.2, -0.15) is 5.10 Å². The lowest BCUT2D eigenvalue weighted by molar-refractivity contribution is -0.120. The number of rotatable bonds is 9. The van der Waals surface area contributed by atoms with E-state index in [0.29, 0.717) is 28.5 Å². The lowest BCUT2D eigenvalue weighted by atomic mass is 9.75. The van der Waals surface area contributed by atoms with Crippen molar-refractivity contribution in [3.63, 3.8) is 0 Å². The van der Waals surface area contributed by atoms with Gasteiger partial charge in [0.25, 0.3) is 11.5 Å². The number of hydrogen-bond acceptors (Lipinski definition) is 6. The number of carbonyl (C=O) groups excluding carboxylic acids is 2. The summed E-state index contributed by atoms with van der Waals surface area (Å²) in [7, 11) is -1.74. The lowest BCUT2D eigenvalue weighted by Gasteiger charge is -2.19. The number of nitrogens with one attached hydrogen (secondary N) is 3. The van der Waals surface area contributed by atoms with E-state index in [0.717, 1.165) is 6.07 Å². The van der Waals surface area contributed by atoms with Crippen molar-refractivity contribution >= 4 is 29.7 Å². The number of amides is 2. The molecule has 1 heterocycles. The monoisotopic (exact) mass is 468 g/mol. The number of hydrogen-bond donors (Lipinski definition) is 5. The highest BCUT2D eigenvalue weighted by atomic mass is 19.1. The van der Waals surface area contributed by atoms with E-state index in [-0.39, 0.29) is 23.5 Å². The highest BCUT2D eigenvalue weighted by Crippen LogP contribution is 2.18. The fourth-order valence-corrected chi connectivity index (χ4v) is 3.63. The van der Waals surface area contributed by atoms with Gasteiger partial charge < -0.3 is 20.7 Å². The topological polar surface area (TPSA) is 144 Å². The molecule has 0 aliphatic carbocycles. The van der Waals surface area contributed by atoms with Gasteiger partial charge in [0.1, 0.15) is 5.82 Å². The van der Waals surface area contributed by atoms with Gasteiger partial charge in [0.05, 0.1) is 29.1 Å². The van der Waals surface area contributed by atoms with Gasteiger partial charge in [0.15, 0.2) is 0 Å². The average Bonchev–Trinajstić information content (AvgIpc) is 2.80. The molecule has 3 aromatic rings. The molecule has 9 nitrogen and oxygen atoms in total. The van der Waals surface area contributed by atoms with Crippen LogP contribution in [-0.2, 0) is 11.2 Å². The molecule has 0 aliphatic rings. The number of nitrogens with zero attached hydrogens (tertiary/aromatic N) is 1. The van der Waals surface area contributed by atoms with Gasteiger partial charge in [-0.25, -0.2) is 9.49 Å². The highest BCUT2D eigenvalue weighted by molar-refractivity contribution is 6.43. The van der Waals surface area contributed by atoms with E-state index in [1.165, 1.54) is 12.1 Å². The molecule has 2 aromatic carbocycles. The Morgan fingerprint density at radius 3 is 2.53 bits per heavy atom. The van der Waals surface area contributed by atoms with Crippen LogP contribution in [0, 0.1) is 11.7 Å². The van der Waals surface area contributed by atoms with E-state index < -0.39 is 37.2 Å². The first-order valence-corrected chi connectivity index (χ1v) is 10.8. The summed E-state index contributed by atoms with van der Waals surface area (Å²) in [5, 5.41) is 31.3. The van der Waals surface area contributed by atoms with E-state index in [4.69, 9.17) is 0 Å². The molecule has 0 aliphatic heterocycles. The van der Waals surface area contributed by atoms with Gasteiger partial charge >= 0.3 is 7.12 Å². The summed E-state index contributed by atoms with van der Waals surface area (Å²) < 4.78 is 14.4. The van der Waals surface area contributed by atoms with Crippen molar-refractivity contribution in [2.24, 2.45) is 5.92 Å². The number of carbonyl (C=O) groups is 2. The highest BCUT2D eigenvalue weighted by Gasteiger charge is 2.26. The molecular formula is C23H26BFN4O5. The minimum absolute atomic E-state index is 0.104. The Balaban J connectivity index is 1.70. The molecule has 34 heavy (non-hydrogen) atoms. The standard InChI is InChI=1S/C23H26BFN4O5/c1-13(2)9-20(24(33)34)27-21(30)12-26-22(31)17-10-14(7-8-18(17)25)11-19-15-5-3-4-6-16(15)23(32)29-28-19/h3-8,10,13,20,33-34H,9,11-12H2,1-2H3,(H,26,31)(H,27,30)(H,29,32)/t20-/m0/s1. The van der Waals surface area contributed by atoms with Gasteiger partial charge in [-0.15, -0.1) is 0 Å². The summed E-state index contributed by atoms with van der Waals surface area (Å²) in [6, 6.07) is 11.0. The molecule has 11 heteroatoms. The number of H-pyrrole nitrogens is 1. The third-order valence-electron chi connectivity index (χ3n) is 5.26. The van der Waals surface area contributed by atoms with Crippen molar-refractivity contribution in [1.29, 1.82) is 0 Å². The van der Waals surface area contributed by atoms with Gasteiger partial charge in [-0.1, -0.05) is 38.1 Å². The summed E-state index contributed by atoms with van der Waals surface area (Å²) in [5.41, 5.74) is 0.577. The van der Waals surface area contributed by atoms with Crippen molar-refractivity contribution in [2.45, 2.75) is 32.6 Å². The number of benzene rings is 2. The summed E-state index contributed by atoms with van der Waals surface area (Å²) in [6.07, 6.45) is 0.575. The number of aromatic nitrogens is 2. The quantitative estimate of drug-likeness (QED) is 0.296. The van der Waals surface area contributed by atoms with Gasteiger partial charge in [-0.05, 0) is 36.1 Å². The second kappa shape index (κ2) is 11.0. The van der Waals surface area contributed by atoms with Crippen LogP contribution in [0.3, 0.4) is 0 Å². The second-order valence-electron chi connectivity index (χ2n) is 8.44. The van der Waals surface area contributed by atoms with Crippen molar-refractivity contribution < 1.29 is 24.0 Å². The molecule has 5 N–H and O–H groups in total. The van der Waals surface area contributed by atoms with Crippen LogP contribution in [0.15, 0.2) is 47.3 Å². The second-order valence-corrected chi connectivity index (χ2v) is 8.44. The average molecular weight is 468 g/mol. The summed E-state index contributed by atoms with van der Waals surface area (Å²) in [4.78, 5) is 36.7. The molecular weight excluding hydrogens is 442 g/mol. The number of aromatic amines is 1. The molecule has 0 bridgehead atoms. The Bertz CT molecular complexity index is 1250. The van der Waals surface area contributed by atoms with Crippen LogP contribution in [-0.4, -0.2) is 51.7 Å². The fraction of sp³-hybridized carbons (Fsp3) is 0.304. The van der Waals surface area contributed by atoms with Crippen molar-refractivity contribution in [3.05, 3.63) is 75.5 Å². The fourth-order valence-electron chi connectivity index (χ4n) is 3.63. The molecule has 0 fully saturated rings. The first kappa shape index (κ1) is 25.1. The number of halogens is 1. The first-order chi connectivity index (χ1) is 16.2. The minimum Gasteiger partial charge on any atom is -0.426 e. The number of fused-ring (bicyclic) bond motifs is 1. The lowest BCUT2D eigenvalue weighted by Crippen LogP contribution is -2.50. The molecule has 2 amide bonds. The molecule has 178 valence electrons. The van der Waals surface area contributed by atoms with Crippen molar-refractivity contribution in [2.75, 3.05) is 6.54 Å². The predicted octanol–water partition coefficient (Wildman–Crippen LogP) is 0.926. The van der Waals surface area contributed by atoms with E-state index in [1.54, 1.807) is 24.3 Å². The van der Waals surface area contributed by atoms with Crippen molar-refractivity contribution in [1.82, 2.24) is 20.8 Å². The van der Waals surface area contributed by atoms with Crippen LogP contribution in [0.2, 0.25) is 0 Å². The van der Waals surface area contributed by atoms with Crippen LogP contribution < -0.4 is 16.2 Å². The third kappa shape index (κ3) is 6.27. The minimum atomic E-state index is -1.74. The van der Waals surface area contributed by atoms with Crippen molar-refractivity contribution in [3.8, 4) is 0 Å². The van der Waals surface area contributed by atoms with Crippen LogP contribution in [0.25, 0.3) is 10.8 Å². The van der Waals surface area contributed by atoms with E-state index in [1.807, 2.05) is 13.8 Å². The van der Waals surface area contributed by atoms with Crippen LogP contribution in [0.1, 0.15) is 41.9 Å². The Labute approximate surface area is 195 Å². The molecule has 1 aromatic heterocycles. The Morgan fingerprint density at radius 1 is 1.15 bits per heavy atom. The zero-order valence-corrected chi connectivity index (χ0v) is 18.8. The third-order valence-corrected chi connectivity index (χ3v) is 5.26. The zero-order chi connectivity index (χ0) is 24.8. The first-order valence-electron chi connectivity index (χ1n) is 10.8. The van der Waals surface area contributed by atoms with E-state index in [2.05, 4.69) is 20.8 Å². The maximum Gasteiger partial charge on any atom is 0.475 e. The predicted molar refractivity (Wildman–Crippen MR) is 125 cm³/mol. The van der Waals surface area contributed by atoms with Crippen LogP contribution in [0.4, 0.5) is 4.39 Å². The van der Waals surface area contributed by atoms with Crippen LogP contribution in [0.5, 0.6) is 0 Å². The van der Waals surface area contributed by atoms with E-state index in [9.17, 15) is 28.8 Å². The van der Waals surface area contributed by atoms with Crippen LogP contribution >= 0.6 is 0 Å². The smallest absolute Gasteiger partial charge is 0.426 e.